The molecule has 3 aromatic rings. The van der Waals surface area contributed by atoms with Crippen LogP contribution < -0.4 is 9.62 Å². The van der Waals surface area contributed by atoms with Gasteiger partial charge in [0.1, 0.15) is 0 Å². The number of carboxylic acid groups (broad SMARTS) is 1. The first kappa shape index (κ1) is 27.9. The SMILES string of the molecule is CCCc1cc(C)cc(-c2ccc(N3CCC(CC(=O)O)CC3)c(NSc3cccc(C(F)(F)F)c3)c2)c1. The van der Waals surface area contributed by atoms with E-state index in [0.717, 1.165) is 85.4 Å². The average Bonchev–Trinajstić information content (AvgIpc) is 2.87. The zero-order valence-corrected chi connectivity index (χ0v) is 22.5. The first-order chi connectivity index (χ1) is 18.1. The molecular weight excluding hydrogens is 509 g/mol. The molecule has 0 aromatic heterocycles. The first-order valence-corrected chi connectivity index (χ1v) is 13.8. The number of anilines is 2. The number of nitrogens with zero attached hydrogens (tertiary/aromatic N) is 1. The van der Waals surface area contributed by atoms with E-state index in [9.17, 15) is 18.0 Å². The van der Waals surface area contributed by atoms with E-state index in [1.165, 1.54) is 17.2 Å². The summed E-state index contributed by atoms with van der Waals surface area (Å²) in [5, 5.41) is 9.16. The molecule has 202 valence electrons. The summed E-state index contributed by atoms with van der Waals surface area (Å²) in [6.07, 6.45) is -0.603. The maximum Gasteiger partial charge on any atom is 0.416 e. The minimum Gasteiger partial charge on any atom is -0.481 e. The van der Waals surface area contributed by atoms with Crippen LogP contribution in [0.15, 0.2) is 65.6 Å². The van der Waals surface area contributed by atoms with Crippen LogP contribution in [0, 0.1) is 12.8 Å². The fourth-order valence-electron chi connectivity index (χ4n) is 5.01. The van der Waals surface area contributed by atoms with Crippen LogP contribution in [0.4, 0.5) is 24.5 Å². The van der Waals surface area contributed by atoms with Gasteiger partial charge < -0.3 is 14.7 Å². The fraction of sp³-hybridized carbons (Fsp3) is 0.367. The van der Waals surface area contributed by atoms with Crippen molar-refractivity contribution in [2.75, 3.05) is 22.7 Å². The number of piperidine rings is 1. The summed E-state index contributed by atoms with van der Waals surface area (Å²) in [6, 6.07) is 18.0. The molecule has 8 heteroatoms. The molecule has 1 heterocycles. The van der Waals surface area contributed by atoms with Gasteiger partial charge in [-0.25, -0.2) is 0 Å². The van der Waals surface area contributed by atoms with Crippen molar-refractivity contribution in [2.24, 2.45) is 5.92 Å². The van der Waals surface area contributed by atoms with Gasteiger partial charge in [-0.1, -0.05) is 49.2 Å². The van der Waals surface area contributed by atoms with Gasteiger partial charge in [0.15, 0.2) is 0 Å². The van der Waals surface area contributed by atoms with Crippen molar-refractivity contribution in [2.45, 2.75) is 57.0 Å². The molecule has 0 bridgehead atoms. The normalized spacial score (nSPS) is 14.5. The summed E-state index contributed by atoms with van der Waals surface area (Å²) in [4.78, 5) is 13.8. The zero-order chi connectivity index (χ0) is 27.3. The number of carboxylic acids is 1. The Balaban J connectivity index is 1.63. The standard InChI is InChI=1S/C30H33F3N2O2S/c1-3-5-22-14-20(2)15-24(16-22)23-8-9-28(35-12-10-21(11-13-35)17-29(36)37)27(18-23)34-38-26-7-4-6-25(19-26)30(31,32)33/h4,6-9,14-16,18-19,21,34H,3,5,10-13,17H2,1-2H3,(H,36,37). The molecule has 0 saturated carbocycles. The van der Waals surface area contributed by atoms with Gasteiger partial charge in [0.05, 0.1) is 16.9 Å². The van der Waals surface area contributed by atoms with Gasteiger partial charge in [0.25, 0.3) is 0 Å². The number of alkyl halides is 3. The highest BCUT2D eigenvalue weighted by atomic mass is 32.2. The predicted octanol–water partition coefficient (Wildman–Crippen LogP) is 8.44. The molecule has 2 N–H and O–H groups in total. The zero-order valence-electron chi connectivity index (χ0n) is 21.6. The summed E-state index contributed by atoms with van der Waals surface area (Å²) >= 11 is 1.15. The van der Waals surface area contributed by atoms with E-state index in [4.69, 9.17) is 5.11 Å². The molecule has 4 rings (SSSR count). The van der Waals surface area contributed by atoms with Gasteiger partial charge in [-0.3, -0.25) is 4.79 Å². The van der Waals surface area contributed by atoms with Gasteiger partial charge in [-0.15, -0.1) is 0 Å². The van der Waals surface area contributed by atoms with Crippen LogP contribution in [0.5, 0.6) is 0 Å². The van der Waals surface area contributed by atoms with Crippen molar-refractivity contribution in [3.63, 3.8) is 0 Å². The summed E-state index contributed by atoms with van der Waals surface area (Å²) in [7, 11) is 0. The third-order valence-corrected chi connectivity index (χ3v) is 7.68. The number of aryl methyl sites for hydroxylation is 2. The third-order valence-electron chi connectivity index (χ3n) is 6.86. The van der Waals surface area contributed by atoms with E-state index >= 15 is 0 Å². The van der Waals surface area contributed by atoms with E-state index in [1.807, 2.05) is 0 Å². The number of benzene rings is 3. The first-order valence-electron chi connectivity index (χ1n) is 12.9. The Morgan fingerprint density at radius 2 is 1.82 bits per heavy atom. The van der Waals surface area contributed by atoms with E-state index in [1.54, 1.807) is 6.07 Å². The molecule has 1 aliphatic heterocycles. The minimum atomic E-state index is -4.40. The van der Waals surface area contributed by atoms with Crippen molar-refractivity contribution >= 4 is 29.3 Å². The Morgan fingerprint density at radius 3 is 2.50 bits per heavy atom. The number of aliphatic carboxylic acids is 1. The molecule has 4 nitrogen and oxygen atoms in total. The lowest BCUT2D eigenvalue weighted by atomic mass is 9.93. The maximum atomic E-state index is 13.2. The van der Waals surface area contributed by atoms with Gasteiger partial charge in [-0.2, -0.15) is 13.2 Å². The monoisotopic (exact) mass is 542 g/mol. The van der Waals surface area contributed by atoms with Gasteiger partial charge in [0, 0.05) is 24.4 Å². The second kappa shape index (κ2) is 12.2. The third kappa shape index (κ3) is 7.25. The minimum absolute atomic E-state index is 0.156. The number of carbonyl (C=O) groups is 1. The summed E-state index contributed by atoms with van der Waals surface area (Å²) in [5.41, 5.74) is 5.70. The molecule has 0 amide bonds. The topological polar surface area (TPSA) is 52.6 Å². The van der Waals surface area contributed by atoms with Crippen molar-refractivity contribution in [3.8, 4) is 11.1 Å². The molecule has 0 atom stereocenters. The van der Waals surface area contributed by atoms with Gasteiger partial charge in [-0.05, 0) is 91.1 Å². The van der Waals surface area contributed by atoms with Gasteiger partial charge >= 0.3 is 12.1 Å². The summed E-state index contributed by atoms with van der Waals surface area (Å²) in [5.74, 6) is -0.614. The highest BCUT2D eigenvalue weighted by Crippen LogP contribution is 2.38. The molecule has 1 aliphatic rings. The van der Waals surface area contributed by atoms with E-state index in [-0.39, 0.29) is 12.3 Å². The molecule has 38 heavy (non-hydrogen) atoms. The number of hydrogen-bond donors (Lipinski definition) is 2. The molecule has 0 radical (unpaired) electrons. The number of hydrogen-bond acceptors (Lipinski definition) is 4. The van der Waals surface area contributed by atoms with Crippen molar-refractivity contribution in [3.05, 3.63) is 77.4 Å². The summed E-state index contributed by atoms with van der Waals surface area (Å²) < 4.78 is 43.0. The van der Waals surface area contributed by atoms with Crippen LogP contribution in [-0.2, 0) is 17.4 Å². The van der Waals surface area contributed by atoms with Crippen molar-refractivity contribution < 1.29 is 23.1 Å². The molecule has 0 spiro atoms. The van der Waals surface area contributed by atoms with Crippen LogP contribution in [0.2, 0.25) is 0 Å². The quantitative estimate of drug-likeness (QED) is 0.266. The Labute approximate surface area is 226 Å². The van der Waals surface area contributed by atoms with Crippen molar-refractivity contribution in [1.82, 2.24) is 0 Å². The average molecular weight is 543 g/mol. The Kier molecular flexibility index (Phi) is 8.92. The van der Waals surface area contributed by atoms with Gasteiger partial charge in [0.2, 0.25) is 0 Å². The molecule has 1 fully saturated rings. The smallest absolute Gasteiger partial charge is 0.416 e. The molecule has 0 unspecified atom stereocenters. The second-order valence-corrected chi connectivity index (χ2v) is 10.8. The molecule has 3 aromatic carbocycles. The molecule has 0 aliphatic carbocycles. The highest BCUT2D eigenvalue weighted by Gasteiger charge is 2.30. The van der Waals surface area contributed by atoms with Crippen LogP contribution in [0.25, 0.3) is 11.1 Å². The van der Waals surface area contributed by atoms with Crippen LogP contribution in [-0.4, -0.2) is 24.2 Å². The highest BCUT2D eigenvalue weighted by molar-refractivity contribution is 8.00. The van der Waals surface area contributed by atoms with Crippen molar-refractivity contribution in [1.29, 1.82) is 0 Å². The van der Waals surface area contributed by atoms with E-state index in [0.29, 0.717) is 4.90 Å². The maximum absolute atomic E-state index is 13.2. The fourth-order valence-corrected chi connectivity index (χ4v) is 5.73. The largest absolute Gasteiger partial charge is 0.481 e. The molecular formula is C30H33F3N2O2S. The Hall–Kier alpha value is -3.13. The number of halogens is 3. The number of nitrogens with one attached hydrogen (secondary N) is 1. The van der Waals surface area contributed by atoms with E-state index < -0.39 is 17.7 Å². The number of rotatable bonds is 9. The summed E-state index contributed by atoms with van der Waals surface area (Å²) in [6.45, 7) is 5.70. The van der Waals surface area contributed by atoms with Crippen LogP contribution in [0.1, 0.15) is 49.3 Å². The lowest BCUT2D eigenvalue weighted by molar-refractivity contribution is -0.138. The Morgan fingerprint density at radius 1 is 1.05 bits per heavy atom. The van der Waals surface area contributed by atoms with E-state index in [2.05, 4.69) is 59.9 Å². The van der Waals surface area contributed by atoms with Crippen LogP contribution in [0.3, 0.4) is 0 Å². The Bertz CT molecular complexity index is 1270. The van der Waals surface area contributed by atoms with Crippen LogP contribution >= 0.6 is 11.9 Å². The lowest BCUT2D eigenvalue weighted by Gasteiger charge is -2.34. The second-order valence-electron chi connectivity index (χ2n) is 9.95. The lowest BCUT2D eigenvalue weighted by Crippen LogP contribution is -2.34. The predicted molar refractivity (Wildman–Crippen MR) is 149 cm³/mol. The molecule has 1 saturated heterocycles.